The third kappa shape index (κ3) is 5.97. The molecule has 0 radical (unpaired) electrons. The van der Waals surface area contributed by atoms with E-state index in [1.165, 1.54) is 0 Å². The first-order valence-corrected chi connectivity index (χ1v) is 4.48. The molecule has 1 unspecified atom stereocenters. The molecule has 0 aromatic heterocycles. The van der Waals surface area contributed by atoms with Crippen LogP contribution in [0.5, 0.6) is 0 Å². The van der Waals surface area contributed by atoms with Crippen LogP contribution in [0.15, 0.2) is 0 Å². The Morgan fingerprint density at radius 3 is 2.30 bits per heavy atom. The molecule has 0 heterocycles. The summed E-state index contributed by atoms with van der Waals surface area (Å²) >= 11 is 1.84. The van der Waals surface area contributed by atoms with Crippen molar-refractivity contribution in [3.05, 3.63) is 0 Å². The van der Waals surface area contributed by atoms with Crippen LogP contribution in [0.1, 0.15) is 27.7 Å². The van der Waals surface area contributed by atoms with E-state index in [0.29, 0.717) is 4.75 Å². The Hall–Kier alpha value is -0.160. The van der Waals surface area contributed by atoms with Gasteiger partial charge in [-0.25, -0.2) is 0 Å². The minimum absolute atomic E-state index is 0.184. The number of thioether (sulfide) groups is 1. The zero-order chi connectivity index (χ0) is 8.20. The average molecular weight is 157 g/mol. The molecule has 0 saturated heterocycles. The van der Waals surface area contributed by atoms with Crippen LogP contribution in [-0.2, 0) is 0 Å². The van der Waals surface area contributed by atoms with E-state index in [1.54, 1.807) is 0 Å². The molecule has 0 aromatic rings. The van der Waals surface area contributed by atoms with Gasteiger partial charge in [-0.15, -0.1) is 0 Å². The summed E-state index contributed by atoms with van der Waals surface area (Å²) in [5.74, 6) is 1.13. The first kappa shape index (κ1) is 9.84. The van der Waals surface area contributed by atoms with Gasteiger partial charge in [0.25, 0.3) is 0 Å². The summed E-state index contributed by atoms with van der Waals surface area (Å²) < 4.78 is 0.297. The summed E-state index contributed by atoms with van der Waals surface area (Å²) in [4.78, 5) is 0. The van der Waals surface area contributed by atoms with E-state index in [4.69, 9.17) is 5.26 Å². The van der Waals surface area contributed by atoms with Gasteiger partial charge in [0, 0.05) is 10.5 Å². The second kappa shape index (κ2) is 3.88. The van der Waals surface area contributed by atoms with E-state index in [0.717, 1.165) is 5.75 Å². The van der Waals surface area contributed by atoms with Crippen LogP contribution in [0.25, 0.3) is 0 Å². The average Bonchev–Trinajstić information content (AvgIpc) is 1.81. The number of nitriles is 1. The van der Waals surface area contributed by atoms with Crippen molar-refractivity contribution >= 4 is 11.8 Å². The van der Waals surface area contributed by atoms with E-state index in [-0.39, 0.29) is 5.92 Å². The van der Waals surface area contributed by atoms with Gasteiger partial charge in [0.2, 0.25) is 0 Å². The zero-order valence-corrected chi connectivity index (χ0v) is 7.96. The first-order chi connectivity index (χ1) is 4.45. The second-order valence-electron chi connectivity index (χ2n) is 3.45. The van der Waals surface area contributed by atoms with Gasteiger partial charge >= 0.3 is 0 Å². The lowest BCUT2D eigenvalue weighted by Crippen LogP contribution is -2.10. The van der Waals surface area contributed by atoms with Crippen molar-refractivity contribution in [3.63, 3.8) is 0 Å². The van der Waals surface area contributed by atoms with E-state index in [1.807, 2.05) is 18.7 Å². The van der Waals surface area contributed by atoms with E-state index >= 15 is 0 Å². The second-order valence-corrected chi connectivity index (χ2v) is 5.30. The van der Waals surface area contributed by atoms with Crippen LogP contribution in [0.3, 0.4) is 0 Å². The number of rotatable bonds is 2. The van der Waals surface area contributed by atoms with Gasteiger partial charge in [-0.05, 0) is 6.92 Å². The minimum atomic E-state index is 0.184. The number of hydrogen-bond acceptors (Lipinski definition) is 2. The highest BCUT2D eigenvalue weighted by Gasteiger charge is 2.11. The van der Waals surface area contributed by atoms with Crippen molar-refractivity contribution in [2.24, 2.45) is 5.92 Å². The van der Waals surface area contributed by atoms with Crippen molar-refractivity contribution in [2.45, 2.75) is 32.4 Å². The smallest absolute Gasteiger partial charge is 0.0661 e. The molecular weight excluding hydrogens is 142 g/mol. The highest BCUT2D eigenvalue weighted by Crippen LogP contribution is 2.24. The molecule has 1 atom stereocenters. The highest BCUT2D eigenvalue weighted by molar-refractivity contribution is 8.00. The van der Waals surface area contributed by atoms with Crippen molar-refractivity contribution < 1.29 is 0 Å². The monoisotopic (exact) mass is 157 g/mol. The highest BCUT2D eigenvalue weighted by atomic mass is 32.2. The first-order valence-electron chi connectivity index (χ1n) is 3.49. The normalized spacial score (nSPS) is 14.3. The van der Waals surface area contributed by atoms with Crippen molar-refractivity contribution in [1.29, 1.82) is 5.26 Å². The van der Waals surface area contributed by atoms with Gasteiger partial charge in [-0.3, -0.25) is 0 Å². The summed E-state index contributed by atoms with van der Waals surface area (Å²) in [7, 11) is 0. The van der Waals surface area contributed by atoms with Crippen molar-refractivity contribution in [3.8, 4) is 6.07 Å². The van der Waals surface area contributed by atoms with Gasteiger partial charge < -0.3 is 0 Å². The predicted molar refractivity (Wildman–Crippen MR) is 47.0 cm³/mol. The molecule has 0 spiro atoms. The summed E-state index contributed by atoms with van der Waals surface area (Å²) in [5.41, 5.74) is 0. The lowest BCUT2D eigenvalue weighted by molar-refractivity contribution is 0.786. The Morgan fingerprint density at radius 1 is 1.50 bits per heavy atom. The molecule has 0 rings (SSSR count). The maximum Gasteiger partial charge on any atom is 0.0661 e. The molecule has 0 aliphatic heterocycles. The van der Waals surface area contributed by atoms with Gasteiger partial charge in [0.1, 0.15) is 0 Å². The molecule has 0 aromatic carbocycles. The molecule has 0 amide bonds. The third-order valence-electron chi connectivity index (χ3n) is 0.987. The summed E-state index contributed by atoms with van der Waals surface area (Å²) in [6, 6.07) is 2.22. The fraction of sp³-hybridized carbons (Fsp3) is 0.875. The summed E-state index contributed by atoms with van der Waals surface area (Å²) in [6.07, 6.45) is 0. The Kier molecular flexibility index (Phi) is 3.81. The lowest BCUT2D eigenvalue weighted by atomic mass is 10.2. The fourth-order valence-electron chi connectivity index (χ4n) is 0.412. The van der Waals surface area contributed by atoms with Gasteiger partial charge in [-0.2, -0.15) is 17.0 Å². The molecule has 0 aliphatic rings. The predicted octanol–water partition coefficient (Wildman–Crippen LogP) is 2.68. The molecule has 0 saturated carbocycles. The molecule has 0 bridgehead atoms. The Balaban J connectivity index is 3.48. The number of nitrogens with zero attached hydrogens (tertiary/aromatic N) is 1. The fourth-order valence-corrected chi connectivity index (χ4v) is 1.24. The van der Waals surface area contributed by atoms with Crippen LogP contribution in [0.4, 0.5) is 0 Å². The maximum absolute atomic E-state index is 8.47. The summed E-state index contributed by atoms with van der Waals surface area (Å²) in [6.45, 7) is 8.46. The molecule has 10 heavy (non-hydrogen) atoms. The topological polar surface area (TPSA) is 23.8 Å². The molecule has 0 N–H and O–H groups in total. The Bertz CT molecular complexity index is 129. The van der Waals surface area contributed by atoms with Gasteiger partial charge in [0.05, 0.1) is 12.0 Å². The number of hydrogen-bond donors (Lipinski definition) is 0. The maximum atomic E-state index is 8.47. The van der Waals surface area contributed by atoms with Crippen molar-refractivity contribution in [1.82, 2.24) is 0 Å². The zero-order valence-electron chi connectivity index (χ0n) is 7.14. The van der Waals surface area contributed by atoms with Crippen LogP contribution < -0.4 is 0 Å². The minimum Gasteiger partial charge on any atom is -0.198 e. The molecule has 2 heteroatoms. The van der Waals surface area contributed by atoms with E-state index < -0.39 is 0 Å². The van der Waals surface area contributed by atoms with Crippen LogP contribution in [0, 0.1) is 17.2 Å². The molecule has 0 aliphatic carbocycles. The van der Waals surface area contributed by atoms with E-state index in [9.17, 15) is 0 Å². The molecule has 58 valence electrons. The van der Waals surface area contributed by atoms with Crippen molar-refractivity contribution in [2.75, 3.05) is 5.75 Å². The van der Waals surface area contributed by atoms with Crippen LogP contribution >= 0.6 is 11.8 Å². The molecular formula is C8H15NS. The van der Waals surface area contributed by atoms with Gasteiger partial charge in [-0.1, -0.05) is 20.8 Å². The quantitative estimate of drug-likeness (QED) is 0.615. The third-order valence-corrected chi connectivity index (χ3v) is 2.52. The molecule has 0 fully saturated rings. The van der Waals surface area contributed by atoms with Crippen LogP contribution in [-0.4, -0.2) is 10.5 Å². The lowest BCUT2D eigenvalue weighted by Gasteiger charge is -2.17. The summed E-state index contributed by atoms with van der Waals surface area (Å²) in [5, 5.41) is 8.47. The SMILES string of the molecule is CC(C#N)CSC(C)(C)C. The van der Waals surface area contributed by atoms with E-state index in [2.05, 4.69) is 26.8 Å². The largest absolute Gasteiger partial charge is 0.198 e. The molecule has 1 nitrogen and oxygen atoms in total. The van der Waals surface area contributed by atoms with Gasteiger partial charge in [0.15, 0.2) is 0 Å². The Morgan fingerprint density at radius 2 is 2.00 bits per heavy atom. The standard InChI is InChI=1S/C8H15NS/c1-7(5-9)6-10-8(2,3)4/h7H,6H2,1-4H3. The van der Waals surface area contributed by atoms with Crippen LogP contribution in [0.2, 0.25) is 0 Å². The Labute approximate surface area is 67.8 Å².